The van der Waals surface area contributed by atoms with Crippen LogP contribution in [0.2, 0.25) is 0 Å². The van der Waals surface area contributed by atoms with Crippen molar-refractivity contribution in [2.75, 3.05) is 11.9 Å². The lowest BCUT2D eigenvalue weighted by atomic mass is 10.0. The van der Waals surface area contributed by atoms with E-state index >= 15 is 0 Å². The molecule has 1 rings (SSSR count). The third-order valence-electron chi connectivity index (χ3n) is 5.17. The van der Waals surface area contributed by atoms with Gasteiger partial charge in [0, 0.05) is 25.1 Å². The predicted molar refractivity (Wildman–Crippen MR) is 135 cm³/mol. The minimum atomic E-state index is -0.990. The van der Waals surface area contributed by atoms with Crippen molar-refractivity contribution in [3.63, 3.8) is 0 Å². The molecule has 6 amide bonds. The summed E-state index contributed by atoms with van der Waals surface area (Å²) in [6.07, 6.45) is -0.386. The van der Waals surface area contributed by atoms with Crippen molar-refractivity contribution >= 4 is 41.3 Å². The van der Waals surface area contributed by atoms with Gasteiger partial charge in [-0.1, -0.05) is 26.0 Å². The number of benzene rings is 1. The molecule has 0 heterocycles. The Labute approximate surface area is 215 Å². The smallest absolute Gasteiger partial charge is 0.404 e. The number of amides is 6. The first-order chi connectivity index (χ1) is 17.4. The molecule has 0 aliphatic heterocycles. The number of primary amides is 2. The lowest BCUT2D eigenvalue weighted by molar-refractivity contribution is -0.132. The third kappa shape index (κ3) is 12.9. The summed E-state index contributed by atoms with van der Waals surface area (Å²) in [4.78, 5) is 71.1. The number of rotatable bonds is 15. The Hall–Kier alpha value is -4.16. The molecular weight excluding hydrogens is 484 g/mol. The van der Waals surface area contributed by atoms with Gasteiger partial charge in [0.1, 0.15) is 24.5 Å². The summed E-state index contributed by atoms with van der Waals surface area (Å²) in [5.41, 5.74) is 11.1. The van der Waals surface area contributed by atoms with E-state index in [9.17, 15) is 28.8 Å². The number of carbonyl (C=O) groups is 6. The number of nitrogens with two attached hydrogens (primary N) is 2. The molecule has 1 aromatic carbocycles. The van der Waals surface area contributed by atoms with E-state index in [-0.39, 0.29) is 44.1 Å². The fourth-order valence-electron chi connectivity index (χ4n) is 3.19. The Balaban J connectivity index is 2.90. The number of nitrogens with one attached hydrogen (secondary N) is 4. The van der Waals surface area contributed by atoms with Crippen LogP contribution in [-0.4, -0.2) is 54.3 Å². The number of Topliss-reactive ketones (excluding diaryl/α,β-unsaturated/α-hetero) is 1. The van der Waals surface area contributed by atoms with E-state index in [2.05, 4.69) is 21.3 Å². The molecule has 0 spiro atoms. The van der Waals surface area contributed by atoms with Crippen LogP contribution in [0.5, 0.6) is 0 Å². The molecule has 0 saturated heterocycles. The number of carbonyl (C=O) groups excluding carboxylic acids is 6. The Morgan fingerprint density at radius 3 is 2.11 bits per heavy atom. The lowest BCUT2D eigenvalue weighted by Gasteiger charge is -2.25. The summed E-state index contributed by atoms with van der Waals surface area (Å²) < 4.78 is 4.72. The van der Waals surface area contributed by atoms with Crippen LogP contribution in [0.3, 0.4) is 0 Å². The summed E-state index contributed by atoms with van der Waals surface area (Å²) in [5, 5.41) is 10.4. The van der Waals surface area contributed by atoms with Gasteiger partial charge in [0.05, 0.1) is 0 Å². The van der Waals surface area contributed by atoms with Gasteiger partial charge in [-0.25, -0.2) is 9.59 Å². The zero-order chi connectivity index (χ0) is 28.0. The highest BCUT2D eigenvalue weighted by Crippen LogP contribution is 2.13. The summed E-state index contributed by atoms with van der Waals surface area (Å²) >= 11 is 0. The molecule has 0 saturated carbocycles. The molecule has 13 nitrogen and oxygen atoms in total. The molecule has 8 N–H and O–H groups in total. The number of ether oxygens (including phenoxy) is 1. The molecule has 37 heavy (non-hydrogen) atoms. The van der Waals surface area contributed by atoms with Crippen LogP contribution in [0, 0.1) is 5.92 Å². The number of hydrogen-bond acceptors (Lipinski definition) is 7. The largest absolute Gasteiger partial charge is 0.445 e. The monoisotopic (exact) mass is 520 g/mol. The fraction of sp³-hybridized carbons (Fsp3) is 0.500. The zero-order valence-corrected chi connectivity index (χ0v) is 21.3. The van der Waals surface area contributed by atoms with Crippen LogP contribution in [0.4, 0.5) is 15.3 Å². The molecule has 2 atom stereocenters. The van der Waals surface area contributed by atoms with Crippen molar-refractivity contribution in [2.45, 2.75) is 65.1 Å². The van der Waals surface area contributed by atoms with Crippen LogP contribution >= 0.6 is 0 Å². The van der Waals surface area contributed by atoms with Crippen molar-refractivity contribution in [1.29, 1.82) is 0 Å². The average Bonchev–Trinajstić information content (AvgIpc) is 2.82. The Kier molecular flexibility index (Phi) is 13.1. The number of ketones is 1. The summed E-state index contributed by atoms with van der Waals surface area (Å²) in [7, 11) is 0. The molecule has 0 bridgehead atoms. The van der Waals surface area contributed by atoms with E-state index in [0.717, 1.165) is 0 Å². The van der Waals surface area contributed by atoms with E-state index in [1.807, 2.05) is 0 Å². The van der Waals surface area contributed by atoms with Gasteiger partial charge in [-0.3, -0.25) is 14.4 Å². The third-order valence-corrected chi connectivity index (χ3v) is 5.17. The first kappa shape index (κ1) is 30.9. The Morgan fingerprint density at radius 1 is 0.919 bits per heavy atom. The van der Waals surface area contributed by atoms with Crippen LogP contribution in [0.25, 0.3) is 0 Å². The van der Waals surface area contributed by atoms with Gasteiger partial charge >= 0.3 is 12.1 Å². The molecule has 13 heteroatoms. The number of hydrogen-bond donors (Lipinski definition) is 6. The van der Waals surface area contributed by atoms with E-state index in [1.54, 1.807) is 38.1 Å². The van der Waals surface area contributed by atoms with E-state index in [4.69, 9.17) is 16.2 Å². The maximum atomic E-state index is 13.0. The van der Waals surface area contributed by atoms with Crippen molar-refractivity contribution in [3.05, 3.63) is 29.8 Å². The fourth-order valence-corrected chi connectivity index (χ4v) is 3.19. The highest BCUT2D eigenvalue weighted by atomic mass is 16.5. The Morgan fingerprint density at radius 2 is 1.57 bits per heavy atom. The van der Waals surface area contributed by atoms with Crippen LogP contribution in [-0.2, 0) is 30.5 Å². The maximum Gasteiger partial charge on any atom is 0.404 e. The van der Waals surface area contributed by atoms with Gasteiger partial charge in [-0.05, 0) is 43.4 Å². The van der Waals surface area contributed by atoms with E-state index in [1.165, 1.54) is 6.92 Å². The number of anilines is 1. The quantitative estimate of drug-likeness (QED) is 0.182. The summed E-state index contributed by atoms with van der Waals surface area (Å²) in [6.45, 7) is 5.02. The SMILES string of the molecule is CC(=O)CCC(=O)N[C@H](C(=O)N[C@@H](CCCNC(N)=O)C(=O)Nc1ccc(COC(N)=O)cc1)C(C)C. The topological polar surface area (TPSA) is 212 Å². The van der Waals surface area contributed by atoms with Crippen LogP contribution < -0.4 is 32.7 Å². The van der Waals surface area contributed by atoms with Gasteiger partial charge in [0.25, 0.3) is 0 Å². The van der Waals surface area contributed by atoms with Crippen molar-refractivity contribution in [3.8, 4) is 0 Å². The van der Waals surface area contributed by atoms with E-state index < -0.39 is 41.9 Å². The molecule has 0 aliphatic carbocycles. The number of urea groups is 1. The summed E-state index contributed by atoms with van der Waals surface area (Å²) in [5.74, 6) is -1.96. The zero-order valence-electron chi connectivity index (χ0n) is 21.3. The molecule has 0 aliphatic rings. The first-order valence-electron chi connectivity index (χ1n) is 11.8. The molecule has 0 aromatic heterocycles. The molecule has 0 fully saturated rings. The molecule has 0 unspecified atom stereocenters. The average molecular weight is 521 g/mol. The van der Waals surface area contributed by atoms with Gasteiger partial charge in [-0.2, -0.15) is 0 Å². The first-order valence-corrected chi connectivity index (χ1v) is 11.8. The highest BCUT2D eigenvalue weighted by Gasteiger charge is 2.28. The predicted octanol–water partition coefficient (Wildman–Crippen LogP) is 0.664. The maximum absolute atomic E-state index is 13.0. The van der Waals surface area contributed by atoms with Crippen molar-refractivity contribution < 1.29 is 33.5 Å². The lowest BCUT2D eigenvalue weighted by Crippen LogP contribution is -2.54. The standard InChI is InChI=1S/C24H36N6O7/c1-14(2)20(30-19(32)11-6-15(3)31)22(34)29-18(5-4-12-27-23(25)35)21(33)28-17-9-7-16(8-10-17)13-37-24(26)36/h7-10,14,18,20H,4-6,11-13H2,1-3H3,(H2,26,36)(H,28,33)(H,29,34)(H,30,32)(H3,25,27,35)/t18-,20-/m0/s1. The minimum Gasteiger partial charge on any atom is -0.445 e. The molecule has 1 aromatic rings. The summed E-state index contributed by atoms with van der Waals surface area (Å²) in [6, 6.07) is 3.83. The van der Waals surface area contributed by atoms with Crippen molar-refractivity contribution in [2.24, 2.45) is 17.4 Å². The second-order valence-electron chi connectivity index (χ2n) is 8.78. The van der Waals surface area contributed by atoms with Crippen molar-refractivity contribution in [1.82, 2.24) is 16.0 Å². The Bertz CT molecular complexity index is 965. The minimum absolute atomic E-state index is 0.0240. The second-order valence-corrected chi connectivity index (χ2v) is 8.78. The highest BCUT2D eigenvalue weighted by molar-refractivity contribution is 5.98. The second kappa shape index (κ2) is 15.8. The van der Waals surface area contributed by atoms with E-state index in [0.29, 0.717) is 17.7 Å². The van der Waals surface area contributed by atoms with Gasteiger partial charge in [-0.15, -0.1) is 0 Å². The van der Waals surface area contributed by atoms with Gasteiger partial charge in [0.15, 0.2) is 0 Å². The van der Waals surface area contributed by atoms with Crippen LogP contribution in [0.1, 0.15) is 52.0 Å². The van der Waals surface area contributed by atoms with Gasteiger partial charge in [0.2, 0.25) is 17.7 Å². The molecule has 0 radical (unpaired) electrons. The normalized spacial score (nSPS) is 12.1. The molecular formula is C24H36N6O7. The van der Waals surface area contributed by atoms with Gasteiger partial charge < -0.3 is 42.3 Å². The molecule has 204 valence electrons. The van der Waals surface area contributed by atoms with Crippen LogP contribution in [0.15, 0.2) is 24.3 Å².